The van der Waals surface area contributed by atoms with Crippen LogP contribution in [-0.4, -0.2) is 24.9 Å². The van der Waals surface area contributed by atoms with Crippen molar-refractivity contribution in [2.45, 2.75) is 27.7 Å². The fourth-order valence-electron chi connectivity index (χ4n) is 2.70. The number of amides is 1. The summed E-state index contributed by atoms with van der Waals surface area (Å²) in [6.45, 7) is 8.34. The Labute approximate surface area is 170 Å². The van der Waals surface area contributed by atoms with E-state index in [4.69, 9.17) is 0 Å². The lowest BCUT2D eigenvalue weighted by Gasteiger charge is -2.16. The summed E-state index contributed by atoms with van der Waals surface area (Å²) < 4.78 is 0. The normalized spacial score (nSPS) is 10.2. The first kappa shape index (κ1) is 21.7. The standard InChI is InChI=1S/C12H18NOP.C12H11N/c1-7-8(2)10(4)15-11(9(7)3)12(14)13(5)6;1-3-7-11(8-4-1)13-12-9-5-2-6-10-12/h1-6H3;1-10,13H. The van der Waals surface area contributed by atoms with Gasteiger partial charge < -0.3 is 10.2 Å². The van der Waals surface area contributed by atoms with Gasteiger partial charge in [-0.15, -0.1) is 0 Å². The summed E-state index contributed by atoms with van der Waals surface area (Å²) in [6, 6.07) is 20.3. The molecule has 4 heteroatoms. The van der Waals surface area contributed by atoms with Gasteiger partial charge in [-0.05, 0) is 73.9 Å². The van der Waals surface area contributed by atoms with E-state index in [0.717, 1.165) is 30.4 Å². The summed E-state index contributed by atoms with van der Waals surface area (Å²) in [6.07, 6.45) is 0. The van der Waals surface area contributed by atoms with E-state index in [1.807, 2.05) is 67.6 Å². The zero-order valence-electron chi connectivity index (χ0n) is 17.6. The molecule has 2 aromatic carbocycles. The largest absolute Gasteiger partial charge is 0.356 e. The highest BCUT2D eigenvalue weighted by Crippen LogP contribution is 2.30. The fraction of sp³-hybridized carbons (Fsp3) is 0.250. The SMILES string of the molecule is Cc1pc(C(=O)N(C)C)c(C)c(C)c1C.c1ccc(Nc2ccccc2)cc1. The maximum atomic E-state index is 11.9. The smallest absolute Gasteiger partial charge is 0.258 e. The van der Waals surface area contributed by atoms with Gasteiger partial charge in [-0.25, -0.2) is 0 Å². The van der Waals surface area contributed by atoms with Crippen LogP contribution in [0.15, 0.2) is 60.7 Å². The molecule has 0 aliphatic rings. The minimum atomic E-state index is 0.125. The van der Waals surface area contributed by atoms with Crippen LogP contribution in [0.4, 0.5) is 11.4 Å². The molecule has 3 aromatic rings. The molecule has 1 N–H and O–H groups in total. The number of aryl methyl sites for hydroxylation is 1. The van der Waals surface area contributed by atoms with E-state index in [0.29, 0.717) is 0 Å². The van der Waals surface area contributed by atoms with Crippen LogP contribution in [0.5, 0.6) is 0 Å². The van der Waals surface area contributed by atoms with Crippen LogP contribution in [0.2, 0.25) is 0 Å². The van der Waals surface area contributed by atoms with E-state index >= 15 is 0 Å². The van der Waals surface area contributed by atoms with Gasteiger partial charge in [-0.1, -0.05) is 44.6 Å². The van der Waals surface area contributed by atoms with Crippen LogP contribution in [0.1, 0.15) is 32.1 Å². The highest BCUT2D eigenvalue weighted by molar-refractivity contribution is 7.33. The molecule has 0 spiro atoms. The molecule has 3 nitrogen and oxygen atoms in total. The Hall–Kier alpha value is -2.64. The predicted molar refractivity (Wildman–Crippen MR) is 122 cm³/mol. The molecule has 0 aliphatic heterocycles. The van der Waals surface area contributed by atoms with Crippen LogP contribution < -0.4 is 5.32 Å². The van der Waals surface area contributed by atoms with Crippen molar-refractivity contribution in [3.8, 4) is 0 Å². The lowest BCUT2D eigenvalue weighted by atomic mass is 10.1. The second-order valence-electron chi connectivity index (χ2n) is 6.98. The van der Waals surface area contributed by atoms with Crippen molar-refractivity contribution in [2.75, 3.05) is 19.4 Å². The highest BCUT2D eigenvalue weighted by atomic mass is 31.0. The average molecular weight is 392 g/mol. The quantitative estimate of drug-likeness (QED) is 0.542. The van der Waals surface area contributed by atoms with E-state index < -0.39 is 0 Å². The van der Waals surface area contributed by atoms with Crippen molar-refractivity contribution in [1.82, 2.24) is 4.90 Å². The van der Waals surface area contributed by atoms with Gasteiger partial charge in [0, 0.05) is 25.5 Å². The first-order valence-electron chi connectivity index (χ1n) is 9.34. The third-order valence-electron chi connectivity index (χ3n) is 4.75. The van der Waals surface area contributed by atoms with Crippen molar-refractivity contribution in [3.05, 3.63) is 87.9 Å². The zero-order valence-corrected chi connectivity index (χ0v) is 18.5. The third kappa shape index (κ3) is 5.68. The van der Waals surface area contributed by atoms with Gasteiger partial charge in [0.05, 0.1) is 5.30 Å². The first-order valence-corrected chi connectivity index (χ1v) is 10.2. The third-order valence-corrected chi connectivity index (χ3v) is 6.17. The lowest BCUT2D eigenvalue weighted by molar-refractivity contribution is 0.0831. The van der Waals surface area contributed by atoms with Gasteiger partial charge >= 0.3 is 0 Å². The minimum absolute atomic E-state index is 0.125. The number of rotatable bonds is 3. The first-order chi connectivity index (χ1) is 13.3. The zero-order chi connectivity index (χ0) is 20.7. The Morgan fingerprint density at radius 1 is 0.750 bits per heavy atom. The van der Waals surface area contributed by atoms with Gasteiger partial charge in [-0.2, -0.15) is 0 Å². The molecular formula is C24H29N2OP. The molecule has 1 heterocycles. The second kappa shape index (κ2) is 10.1. The number of carbonyl (C=O) groups excluding carboxylic acids is 1. The molecule has 0 saturated heterocycles. The number of hydrogen-bond acceptors (Lipinski definition) is 2. The van der Waals surface area contributed by atoms with E-state index in [1.54, 1.807) is 19.0 Å². The van der Waals surface area contributed by atoms with Gasteiger partial charge in [0.25, 0.3) is 5.91 Å². The topological polar surface area (TPSA) is 32.3 Å². The second-order valence-corrected chi connectivity index (χ2v) is 8.32. The van der Waals surface area contributed by atoms with E-state index in [1.165, 1.54) is 16.4 Å². The van der Waals surface area contributed by atoms with Crippen molar-refractivity contribution < 1.29 is 4.79 Å². The highest BCUT2D eigenvalue weighted by Gasteiger charge is 2.15. The summed E-state index contributed by atoms with van der Waals surface area (Å²) >= 11 is 0. The van der Waals surface area contributed by atoms with Crippen LogP contribution in [0, 0.1) is 27.7 Å². The summed E-state index contributed by atoms with van der Waals surface area (Å²) in [7, 11) is 4.66. The average Bonchev–Trinajstić information content (AvgIpc) is 2.70. The molecule has 1 aromatic heterocycles. The van der Waals surface area contributed by atoms with Crippen LogP contribution in [-0.2, 0) is 0 Å². The van der Waals surface area contributed by atoms with Crippen molar-refractivity contribution >= 4 is 25.5 Å². The molecule has 3 rings (SSSR count). The van der Waals surface area contributed by atoms with Gasteiger partial charge in [0.15, 0.2) is 0 Å². The Bertz CT molecular complexity index is 885. The monoisotopic (exact) mass is 392 g/mol. The fourth-order valence-corrected chi connectivity index (χ4v) is 4.00. The predicted octanol–water partition coefficient (Wildman–Crippen LogP) is 6.63. The van der Waals surface area contributed by atoms with Crippen molar-refractivity contribution in [1.29, 1.82) is 0 Å². The van der Waals surface area contributed by atoms with E-state index in [-0.39, 0.29) is 5.91 Å². The number of hydrogen-bond donors (Lipinski definition) is 1. The molecule has 28 heavy (non-hydrogen) atoms. The van der Waals surface area contributed by atoms with Crippen LogP contribution >= 0.6 is 8.19 Å². The van der Waals surface area contributed by atoms with Crippen LogP contribution in [0.25, 0.3) is 0 Å². The molecule has 0 atom stereocenters. The van der Waals surface area contributed by atoms with Crippen molar-refractivity contribution in [3.63, 3.8) is 0 Å². The van der Waals surface area contributed by atoms with E-state index in [2.05, 4.69) is 26.1 Å². The lowest BCUT2D eigenvalue weighted by Crippen LogP contribution is -2.22. The number of nitrogens with zero attached hydrogens (tertiary/aromatic N) is 1. The number of benzene rings is 2. The molecule has 146 valence electrons. The van der Waals surface area contributed by atoms with Gasteiger partial charge in [0.2, 0.25) is 0 Å². The summed E-state index contributed by atoms with van der Waals surface area (Å²) in [5, 5.41) is 5.50. The number of para-hydroxylation sites is 2. The molecule has 0 saturated carbocycles. The molecule has 0 bridgehead atoms. The molecule has 0 fully saturated rings. The van der Waals surface area contributed by atoms with Crippen LogP contribution in [0.3, 0.4) is 0 Å². The molecular weight excluding hydrogens is 363 g/mol. The summed E-state index contributed by atoms with van der Waals surface area (Å²) in [5.74, 6) is 0.125. The molecule has 1 amide bonds. The Morgan fingerprint density at radius 2 is 1.21 bits per heavy atom. The molecule has 0 radical (unpaired) electrons. The molecule has 0 aliphatic carbocycles. The summed E-state index contributed by atoms with van der Waals surface area (Å²) in [4.78, 5) is 13.6. The number of carbonyl (C=O) groups is 1. The maximum absolute atomic E-state index is 11.9. The maximum Gasteiger partial charge on any atom is 0.258 e. The number of anilines is 2. The Balaban J connectivity index is 0.000000202. The van der Waals surface area contributed by atoms with Crippen molar-refractivity contribution in [2.24, 2.45) is 0 Å². The van der Waals surface area contributed by atoms with E-state index in [9.17, 15) is 4.79 Å². The summed E-state index contributed by atoms with van der Waals surface area (Å²) in [5.41, 5.74) is 5.95. The minimum Gasteiger partial charge on any atom is -0.356 e. The van der Waals surface area contributed by atoms with Gasteiger partial charge in [-0.3, -0.25) is 4.79 Å². The molecule has 0 unspecified atom stereocenters. The number of nitrogens with one attached hydrogen (secondary N) is 1. The van der Waals surface area contributed by atoms with Gasteiger partial charge in [0.1, 0.15) is 0 Å². The Morgan fingerprint density at radius 3 is 1.64 bits per heavy atom. The Kier molecular flexibility index (Phi) is 7.78.